The van der Waals surface area contributed by atoms with Gasteiger partial charge in [0.15, 0.2) is 4.32 Å². The molecule has 29 heavy (non-hydrogen) atoms. The Labute approximate surface area is 188 Å². The first-order valence-corrected chi connectivity index (χ1v) is 10.7. The predicted molar refractivity (Wildman–Crippen MR) is 126 cm³/mol. The maximum absolute atomic E-state index is 13.0. The van der Waals surface area contributed by atoms with Crippen LogP contribution in [0, 0.1) is 13.8 Å². The van der Waals surface area contributed by atoms with E-state index in [-0.39, 0.29) is 5.91 Å². The van der Waals surface area contributed by atoms with Crippen LogP contribution in [0.2, 0.25) is 10.0 Å². The molecule has 1 aliphatic rings. The highest BCUT2D eigenvalue weighted by Gasteiger charge is 2.34. The number of nitrogens with zero attached hydrogens (tertiary/aromatic N) is 1. The molecule has 1 saturated heterocycles. The number of carbonyl (C=O) groups excluding carboxylic acids is 1. The molecule has 0 aliphatic carbocycles. The van der Waals surface area contributed by atoms with Crippen molar-refractivity contribution in [2.75, 3.05) is 4.90 Å². The van der Waals surface area contributed by atoms with Crippen LogP contribution in [0.15, 0.2) is 57.9 Å². The van der Waals surface area contributed by atoms with E-state index in [4.69, 9.17) is 39.8 Å². The van der Waals surface area contributed by atoms with Gasteiger partial charge in [-0.25, -0.2) is 0 Å². The fourth-order valence-corrected chi connectivity index (χ4v) is 4.67. The van der Waals surface area contributed by atoms with Crippen molar-refractivity contribution in [1.82, 2.24) is 0 Å². The summed E-state index contributed by atoms with van der Waals surface area (Å²) in [5, 5.41) is 1.10. The van der Waals surface area contributed by atoms with E-state index in [0.717, 1.165) is 16.8 Å². The zero-order chi connectivity index (χ0) is 20.7. The fourth-order valence-electron chi connectivity index (χ4n) is 3.03. The van der Waals surface area contributed by atoms with Crippen molar-refractivity contribution in [3.63, 3.8) is 0 Å². The molecule has 0 radical (unpaired) electrons. The summed E-state index contributed by atoms with van der Waals surface area (Å²) in [5.41, 5.74) is 3.56. The molecule has 4 rings (SSSR count). The van der Waals surface area contributed by atoms with E-state index < -0.39 is 0 Å². The lowest BCUT2D eigenvalue weighted by Gasteiger charge is -2.17. The van der Waals surface area contributed by atoms with E-state index in [1.54, 1.807) is 41.3 Å². The van der Waals surface area contributed by atoms with E-state index in [1.807, 2.05) is 32.0 Å². The predicted octanol–water partition coefficient (Wildman–Crippen LogP) is 7.28. The largest absolute Gasteiger partial charge is 0.457 e. The standard InChI is InChI=1S/C22H15Cl2NO2S2/c1-12-3-4-13(2)18(9-12)25-21(26)20(29-22(25)28)11-15-6-8-19(27-15)16-10-14(23)5-7-17(16)24/h3-11H,1-2H3/b20-11+. The molecule has 1 fully saturated rings. The van der Waals surface area contributed by atoms with E-state index >= 15 is 0 Å². The summed E-state index contributed by atoms with van der Waals surface area (Å²) in [6.45, 7) is 3.95. The van der Waals surface area contributed by atoms with Gasteiger partial charge in [-0.2, -0.15) is 0 Å². The van der Waals surface area contributed by atoms with Crippen LogP contribution in [-0.2, 0) is 4.79 Å². The van der Waals surface area contributed by atoms with Crippen molar-refractivity contribution in [1.29, 1.82) is 0 Å². The van der Waals surface area contributed by atoms with Crippen LogP contribution < -0.4 is 4.90 Å². The van der Waals surface area contributed by atoms with E-state index in [1.165, 1.54) is 11.8 Å². The molecule has 0 bridgehead atoms. The molecule has 2 aromatic carbocycles. The Kier molecular flexibility index (Phi) is 5.58. The van der Waals surface area contributed by atoms with Gasteiger partial charge in [0.1, 0.15) is 11.5 Å². The van der Waals surface area contributed by atoms with Gasteiger partial charge in [-0.3, -0.25) is 9.69 Å². The van der Waals surface area contributed by atoms with Crippen LogP contribution in [0.1, 0.15) is 16.9 Å². The summed E-state index contributed by atoms with van der Waals surface area (Å²) in [6.07, 6.45) is 1.70. The molecule has 0 N–H and O–H groups in total. The van der Waals surface area contributed by atoms with Crippen molar-refractivity contribution in [2.24, 2.45) is 0 Å². The minimum atomic E-state index is -0.160. The number of carbonyl (C=O) groups is 1. The number of halogens is 2. The van der Waals surface area contributed by atoms with E-state index in [2.05, 4.69) is 0 Å². The maximum atomic E-state index is 13.0. The number of hydrogen-bond acceptors (Lipinski definition) is 4. The molecular formula is C22H15Cl2NO2S2. The molecule has 146 valence electrons. The van der Waals surface area contributed by atoms with Gasteiger partial charge in [0.2, 0.25) is 0 Å². The van der Waals surface area contributed by atoms with Crippen molar-refractivity contribution < 1.29 is 9.21 Å². The minimum Gasteiger partial charge on any atom is -0.457 e. The number of hydrogen-bond donors (Lipinski definition) is 0. The number of thioether (sulfide) groups is 1. The molecule has 7 heteroatoms. The maximum Gasteiger partial charge on any atom is 0.270 e. The van der Waals surface area contributed by atoms with E-state index in [9.17, 15) is 4.79 Å². The molecule has 3 aromatic rings. The molecule has 1 aliphatic heterocycles. The van der Waals surface area contributed by atoms with Gasteiger partial charge in [0.25, 0.3) is 5.91 Å². The lowest BCUT2D eigenvalue weighted by Crippen LogP contribution is -2.28. The Morgan fingerprint density at radius 2 is 1.86 bits per heavy atom. The average Bonchev–Trinajstić information content (AvgIpc) is 3.24. The zero-order valence-electron chi connectivity index (χ0n) is 15.5. The lowest BCUT2D eigenvalue weighted by atomic mass is 10.1. The molecule has 0 unspecified atom stereocenters. The number of anilines is 1. The second-order valence-electron chi connectivity index (χ2n) is 6.63. The number of thiocarbonyl (C=S) groups is 1. The average molecular weight is 460 g/mol. The molecule has 1 amide bonds. The molecule has 0 saturated carbocycles. The third kappa shape index (κ3) is 4.01. The van der Waals surface area contributed by atoms with Crippen molar-refractivity contribution in [2.45, 2.75) is 13.8 Å². The molecule has 3 nitrogen and oxygen atoms in total. The summed E-state index contributed by atoms with van der Waals surface area (Å²) < 4.78 is 6.39. The zero-order valence-corrected chi connectivity index (χ0v) is 18.7. The lowest BCUT2D eigenvalue weighted by molar-refractivity contribution is -0.113. The second-order valence-corrected chi connectivity index (χ2v) is 9.15. The Hall–Kier alpha value is -2.05. The van der Waals surface area contributed by atoms with Crippen molar-refractivity contribution in [3.05, 3.63) is 80.4 Å². The van der Waals surface area contributed by atoms with Gasteiger partial charge in [-0.15, -0.1) is 0 Å². The summed E-state index contributed by atoms with van der Waals surface area (Å²) in [5.74, 6) is 0.957. The van der Waals surface area contributed by atoms with Gasteiger partial charge < -0.3 is 4.42 Å². The molecule has 1 aromatic heterocycles. The molecule has 0 atom stereocenters. The fraction of sp³-hybridized carbons (Fsp3) is 0.0909. The smallest absolute Gasteiger partial charge is 0.270 e. The number of aryl methyl sites for hydroxylation is 2. The number of amides is 1. The SMILES string of the molecule is Cc1ccc(C)c(N2C(=O)/C(=C\c3ccc(-c4cc(Cl)ccc4Cl)o3)SC2=S)c1. The Bertz CT molecular complexity index is 1180. The first kappa shape index (κ1) is 20.2. The van der Waals surface area contributed by atoms with Crippen LogP contribution in [0.25, 0.3) is 17.4 Å². The first-order valence-electron chi connectivity index (χ1n) is 8.74. The Morgan fingerprint density at radius 3 is 2.66 bits per heavy atom. The third-order valence-corrected chi connectivity index (χ3v) is 6.36. The van der Waals surface area contributed by atoms with Crippen LogP contribution in [0.3, 0.4) is 0 Å². The van der Waals surface area contributed by atoms with Gasteiger partial charge in [-0.05, 0) is 61.4 Å². The highest BCUT2D eigenvalue weighted by molar-refractivity contribution is 8.27. The quantitative estimate of drug-likeness (QED) is 0.304. The summed E-state index contributed by atoms with van der Waals surface area (Å²) in [6, 6.07) is 14.7. The number of rotatable bonds is 3. The van der Waals surface area contributed by atoms with Crippen LogP contribution >= 0.6 is 47.2 Å². The third-order valence-electron chi connectivity index (χ3n) is 4.49. The van der Waals surface area contributed by atoms with Gasteiger partial charge in [0.05, 0.1) is 15.6 Å². The second kappa shape index (κ2) is 8.00. The van der Waals surface area contributed by atoms with Crippen LogP contribution in [-0.4, -0.2) is 10.2 Å². The van der Waals surface area contributed by atoms with Gasteiger partial charge >= 0.3 is 0 Å². The Balaban J connectivity index is 1.65. The molecule has 2 heterocycles. The van der Waals surface area contributed by atoms with Crippen LogP contribution in [0.5, 0.6) is 0 Å². The highest BCUT2D eigenvalue weighted by atomic mass is 35.5. The van der Waals surface area contributed by atoms with Crippen LogP contribution in [0.4, 0.5) is 5.69 Å². The van der Waals surface area contributed by atoms with Gasteiger partial charge in [-0.1, -0.05) is 59.3 Å². The summed E-state index contributed by atoms with van der Waals surface area (Å²) in [7, 11) is 0. The summed E-state index contributed by atoms with van der Waals surface area (Å²) in [4.78, 5) is 15.1. The minimum absolute atomic E-state index is 0.160. The topological polar surface area (TPSA) is 33.5 Å². The van der Waals surface area contributed by atoms with Gasteiger partial charge in [0, 0.05) is 16.7 Å². The monoisotopic (exact) mass is 459 g/mol. The van der Waals surface area contributed by atoms with E-state index in [0.29, 0.717) is 36.4 Å². The highest BCUT2D eigenvalue weighted by Crippen LogP contribution is 2.38. The summed E-state index contributed by atoms with van der Waals surface area (Å²) >= 11 is 19.0. The molecular weight excluding hydrogens is 445 g/mol. The Morgan fingerprint density at radius 1 is 1.07 bits per heavy atom. The van der Waals surface area contributed by atoms with Crippen molar-refractivity contribution >= 4 is 69.2 Å². The number of benzene rings is 2. The normalized spacial score (nSPS) is 15.6. The number of furan rings is 1. The van der Waals surface area contributed by atoms with Crippen molar-refractivity contribution in [3.8, 4) is 11.3 Å². The molecule has 0 spiro atoms. The first-order chi connectivity index (χ1) is 13.8.